The predicted molar refractivity (Wildman–Crippen MR) is 91.6 cm³/mol. The Morgan fingerprint density at radius 3 is 2.84 bits per heavy atom. The fourth-order valence-corrected chi connectivity index (χ4v) is 2.86. The van der Waals surface area contributed by atoms with E-state index in [2.05, 4.69) is 10.5 Å². The summed E-state index contributed by atoms with van der Waals surface area (Å²) in [5, 5.41) is 7.01. The zero-order valence-electron chi connectivity index (χ0n) is 13.7. The summed E-state index contributed by atoms with van der Waals surface area (Å²) in [6.07, 6.45) is 1.37. The van der Waals surface area contributed by atoms with Gasteiger partial charge in [0.05, 0.1) is 0 Å². The van der Waals surface area contributed by atoms with Gasteiger partial charge in [-0.25, -0.2) is 0 Å². The first-order chi connectivity index (χ1) is 12.0. The second-order valence-corrected chi connectivity index (χ2v) is 6.24. The molecule has 2 heterocycles. The molecule has 132 valence electrons. The summed E-state index contributed by atoms with van der Waals surface area (Å²) < 4.78 is 10.4. The van der Waals surface area contributed by atoms with Crippen LogP contribution in [0.15, 0.2) is 34.9 Å². The van der Waals surface area contributed by atoms with Crippen LogP contribution in [0.2, 0.25) is 5.02 Å². The van der Waals surface area contributed by atoms with E-state index in [4.69, 9.17) is 20.9 Å². The van der Waals surface area contributed by atoms with Gasteiger partial charge in [0.2, 0.25) is 5.91 Å². The Balaban J connectivity index is 1.57. The van der Waals surface area contributed by atoms with E-state index in [0.29, 0.717) is 35.3 Å². The average molecular weight is 364 g/mol. The van der Waals surface area contributed by atoms with Crippen molar-refractivity contribution in [2.24, 2.45) is 0 Å². The van der Waals surface area contributed by atoms with Crippen LogP contribution < -0.4 is 10.1 Å². The van der Waals surface area contributed by atoms with Gasteiger partial charge in [0.25, 0.3) is 5.91 Å². The number of anilines is 1. The van der Waals surface area contributed by atoms with Gasteiger partial charge < -0.3 is 19.5 Å². The topological polar surface area (TPSA) is 84.7 Å². The van der Waals surface area contributed by atoms with E-state index in [1.54, 1.807) is 37.3 Å². The molecule has 8 heteroatoms. The summed E-state index contributed by atoms with van der Waals surface area (Å²) >= 11 is 5.81. The molecule has 1 aliphatic heterocycles. The number of rotatable bonds is 5. The van der Waals surface area contributed by atoms with Gasteiger partial charge in [-0.3, -0.25) is 9.59 Å². The summed E-state index contributed by atoms with van der Waals surface area (Å²) in [5.41, 5.74) is 0. The Hall–Kier alpha value is -2.54. The maximum Gasteiger partial charge on any atom is 0.261 e. The number of benzene rings is 1. The van der Waals surface area contributed by atoms with E-state index in [9.17, 15) is 9.59 Å². The lowest BCUT2D eigenvalue weighted by atomic mass is 10.2. The van der Waals surface area contributed by atoms with Gasteiger partial charge in [-0.2, -0.15) is 0 Å². The average Bonchev–Trinajstić information content (AvgIpc) is 3.23. The number of amides is 2. The number of hydrogen-bond donors (Lipinski definition) is 1. The third kappa shape index (κ3) is 4.30. The van der Waals surface area contributed by atoms with Crippen molar-refractivity contribution < 1.29 is 18.8 Å². The lowest BCUT2D eigenvalue weighted by molar-refractivity contribution is -0.138. The quantitative estimate of drug-likeness (QED) is 0.882. The summed E-state index contributed by atoms with van der Waals surface area (Å²) in [6, 6.07) is 7.86. The van der Waals surface area contributed by atoms with Crippen molar-refractivity contribution in [1.29, 1.82) is 0 Å². The highest BCUT2D eigenvalue weighted by atomic mass is 35.5. The summed E-state index contributed by atoms with van der Waals surface area (Å²) in [4.78, 5) is 26.4. The number of hydrogen-bond acceptors (Lipinski definition) is 5. The van der Waals surface area contributed by atoms with E-state index < -0.39 is 6.04 Å². The number of halogens is 1. The number of carbonyl (C=O) groups excluding carboxylic acids is 2. The zero-order chi connectivity index (χ0) is 17.8. The highest BCUT2D eigenvalue weighted by Gasteiger charge is 2.34. The minimum Gasteiger partial charge on any atom is -0.484 e. The Morgan fingerprint density at radius 1 is 1.40 bits per heavy atom. The van der Waals surface area contributed by atoms with Crippen LogP contribution in [-0.4, -0.2) is 41.1 Å². The molecule has 1 aromatic heterocycles. The van der Waals surface area contributed by atoms with Crippen LogP contribution in [0.3, 0.4) is 0 Å². The van der Waals surface area contributed by atoms with Crippen molar-refractivity contribution >= 4 is 29.2 Å². The fourth-order valence-electron chi connectivity index (χ4n) is 2.73. The molecular weight excluding hydrogens is 346 g/mol. The van der Waals surface area contributed by atoms with Crippen LogP contribution >= 0.6 is 11.6 Å². The second kappa shape index (κ2) is 7.57. The molecule has 2 amide bonds. The molecule has 7 nitrogen and oxygen atoms in total. The predicted octanol–water partition coefficient (Wildman–Crippen LogP) is 2.64. The van der Waals surface area contributed by atoms with Gasteiger partial charge in [0.1, 0.15) is 17.6 Å². The largest absolute Gasteiger partial charge is 0.484 e. The third-order valence-electron chi connectivity index (χ3n) is 3.93. The van der Waals surface area contributed by atoms with Crippen LogP contribution in [0.5, 0.6) is 5.75 Å². The highest BCUT2D eigenvalue weighted by Crippen LogP contribution is 2.20. The number of likely N-dealkylation sites (tertiary alicyclic amines) is 1. The molecule has 3 rings (SSSR count). The Kier molecular flexibility index (Phi) is 5.23. The smallest absolute Gasteiger partial charge is 0.261 e. The molecule has 0 radical (unpaired) electrons. The molecule has 25 heavy (non-hydrogen) atoms. The highest BCUT2D eigenvalue weighted by molar-refractivity contribution is 6.30. The molecule has 1 aromatic carbocycles. The Labute approximate surface area is 149 Å². The van der Waals surface area contributed by atoms with Crippen LogP contribution in [0.25, 0.3) is 0 Å². The SMILES string of the molecule is Cc1cc(NC(=O)[C@@H]2CCCN2C(=O)COc2ccc(Cl)cc2)no1. The monoisotopic (exact) mass is 363 g/mol. The lowest BCUT2D eigenvalue weighted by Crippen LogP contribution is -2.45. The van der Waals surface area contributed by atoms with Crippen molar-refractivity contribution in [3.05, 3.63) is 41.1 Å². The molecule has 0 saturated carbocycles. The molecule has 1 saturated heterocycles. The summed E-state index contributed by atoms with van der Waals surface area (Å²) in [6.45, 7) is 2.13. The molecule has 0 spiro atoms. The van der Waals surface area contributed by atoms with E-state index >= 15 is 0 Å². The minimum atomic E-state index is -0.529. The molecule has 0 bridgehead atoms. The normalized spacial score (nSPS) is 16.7. The van der Waals surface area contributed by atoms with Crippen molar-refractivity contribution in [2.75, 3.05) is 18.5 Å². The van der Waals surface area contributed by atoms with Gasteiger partial charge in [-0.1, -0.05) is 16.8 Å². The van der Waals surface area contributed by atoms with Crippen LogP contribution in [-0.2, 0) is 9.59 Å². The number of aryl methyl sites for hydroxylation is 1. The number of carbonyl (C=O) groups is 2. The first-order valence-corrected chi connectivity index (χ1v) is 8.33. The van der Waals surface area contributed by atoms with Crippen molar-refractivity contribution in [1.82, 2.24) is 10.1 Å². The van der Waals surface area contributed by atoms with Crippen LogP contribution in [0, 0.1) is 6.92 Å². The van der Waals surface area contributed by atoms with Crippen molar-refractivity contribution in [2.45, 2.75) is 25.8 Å². The Bertz CT molecular complexity index is 760. The van der Waals surface area contributed by atoms with Crippen molar-refractivity contribution in [3.63, 3.8) is 0 Å². The molecule has 0 unspecified atom stereocenters. The van der Waals surface area contributed by atoms with E-state index in [-0.39, 0.29) is 18.4 Å². The Morgan fingerprint density at radius 2 is 2.16 bits per heavy atom. The minimum absolute atomic E-state index is 0.130. The van der Waals surface area contributed by atoms with E-state index in [1.807, 2.05) is 0 Å². The van der Waals surface area contributed by atoms with Crippen LogP contribution in [0.4, 0.5) is 5.82 Å². The zero-order valence-corrected chi connectivity index (χ0v) is 14.5. The van der Waals surface area contributed by atoms with E-state index in [1.165, 1.54) is 4.90 Å². The van der Waals surface area contributed by atoms with Crippen LogP contribution in [0.1, 0.15) is 18.6 Å². The molecule has 0 aliphatic carbocycles. The number of aromatic nitrogens is 1. The van der Waals surface area contributed by atoms with Gasteiger partial charge in [0, 0.05) is 17.6 Å². The molecule has 2 aromatic rings. The fraction of sp³-hybridized carbons (Fsp3) is 0.353. The molecule has 1 N–H and O–H groups in total. The standard InChI is InChI=1S/C17H18ClN3O4/c1-11-9-15(20-25-11)19-17(23)14-3-2-8-21(14)16(22)10-24-13-6-4-12(18)5-7-13/h4-7,9,14H,2-3,8,10H2,1H3,(H,19,20,23)/t14-/m0/s1. The van der Waals surface area contributed by atoms with Crippen molar-refractivity contribution in [3.8, 4) is 5.75 Å². The van der Waals surface area contributed by atoms with Gasteiger partial charge in [-0.15, -0.1) is 0 Å². The molecule has 1 atom stereocenters. The molecular formula is C17H18ClN3O4. The number of ether oxygens (including phenoxy) is 1. The molecule has 1 aliphatic rings. The number of nitrogens with zero attached hydrogens (tertiary/aromatic N) is 2. The van der Waals surface area contributed by atoms with Gasteiger partial charge in [-0.05, 0) is 44.0 Å². The number of nitrogens with one attached hydrogen (secondary N) is 1. The third-order valence-corrected chi connectivity index (χ3v) is 4.18. The first-order valence-electron chi connectivity index (χ1n) is 7.95. The van der Waals surface area contributed by atoms with Gasteiger partial charge >= 0.3 is 0 Å². The second-order valence-electron chi connectivity index (χ2n) is 5.80. The lowest BCUT2D eigenvalue weighted by Gasteiger charge is -2.23. The summed E-state index contributed by atoms with van der Waals surface area (Å²) in [5.74, 6) is 0.996. The maximum atomic E-state index is 12.4. The maximum absolute atomic E-state index is 12.4. The van der Waals surface area contributed by atoms with E-state index in [0.717, 1.165) is 6.42 Å². The van der Waals surface area contributed by atoms with Gasteiger partial charge in [0.15, 0.2) is 12.4 Å². The summed E-state index contributed by atoms with van der Waals surface area (Å²) in [7, 11) is 0. The molecule has 1 fully saturated rings. The first kappa shape index (κ1) is 17.3.